The molecule has 122 valence electrons. The Hall–Kier alpha value is -2.71. The summed E-state index contributed by atoms with van der Waals surface area (Å²) in [6.45, 7) is 2.14. The fourth-order valence-electron chi connectivity index (χ4n) is 2.37. The molecular weight excluding hydrogens is 308 g/mol. The Morgan fingerprint density at radius 3 is 2.83 bits per heavy atom. The summed E-state index contributed by atoms with van der Waals surface area (Å²) in [7, 11) is 1.27. The number of urea groups is 1. The molecule has 2 heterocycles. The molecule has 0 radical (unpaired) electrons. The van der Waals surface area contributed by atoms with Gasteiger partial charge in [0.2, 0.25) is 5.82 Å². The van der Waals surface area contributed by atoms with Gasteiger partial charge in [0.25, 0.3) is 0 Å². The lowest BCUT2D eigenvalue weighted by atomic mass is 10.1. The van der Waals surface area contributed by atoms with Crippen LogP contribution in [-0.4, -0.2) is 52.7 Å². The molecule has 23 heavy (non-hydrogen) atoms. The molecular formula is C14H15F2N5O2. The Labute approximate surface area is 130 Å². The van der Waals surface area contributed by atoms with Crippen molar-refractivity contribution in [3.63, 3.8) is 0 Å². The van der Waals surface area contributed by atoms with Gasteiger partial charge in [0.15, 0.2) is 11.6 Å². The monoisotopic (exact) mass is 323 g/mol. The highest BCUT2D eigenvalue weighted by Gasteiger charge is 2.20. The molecule has 3 rings (SSSR count). The van der Waals surface area contributed by atoms with E-state index in [2.05, 4.69) is 15.6 Å². The van der Waals surface area contributed by atoms with Gasteiger partial charge in [-0.1, -0.05) is 5.21 Å². The number of nitrogens with zero attached hydrogens (tertiary/aromatic N) is 4. The lowest BCUT2D eigenvalue weighted by Gasteiger charge is -2.12. The molecule has 1 aliphatic rings. The number of aromatic nitrogens is 3. The molecule has 0 atom stereocenters. The summed E-state index contributed by atoms with van der Waals surface area (Å²) in [6, 6.07) is 2.61. The van der Waals surface area contributed by atoms with Crippen molar-refractivity contribution in [3.8, 4) is 17.0 Å². The van der Waals surface area contributed by atoms with Crippen LogP contribution < -0.4 is 10.1 Å². The zero-order valence-electron chi connectivity index (χ0n) is 12.4. The summed E-state index contributed by atoms with van der Waals surface area (Å²) in [4.78, 5) is 13.1. The number of carbonyl (C=O) groups excluding carboxylic acids is 1. The minimum absolute atomic E-state index is 0.00784. The van der Waals surface area contributed by atoms with Crippen molar-refractivity contribution in [2.75, 3.05) is 26.7 Å². The normalized spacial score (nSPS) is 14.2. The van der Waals surface area contributed by atoms with Crippen LogP contribution in [0.25, 0.3) is 11.3 Å². The van der Waals surface area contributed by atoms with Gasteiger partial charge in [-0.3, -0.25) is 4.68 Å². The highest BCUT2D eigenvalue weighted by atomic mass is 19.2. The molecule has 7 nitrogen and oxygen atoms in total. The number of carbonyl (C=O) groups is 1. The van der Waals surface area contributed by atoms with Gasteiger partial charge in [-0.2, -0.15) is 4.39 Å². The van der Waals surface area contributed by atoms with E-state index in [1.54, 1.807) is 4.90 Å². The van der Waals surface area contributed by atoms with Gasteiger partial charge in [-0.25, -0.2) is 9.18 Å². The Kier molecular flexibility index (Phi) is 4.09. The van der Waals surface area contributed by atoms with Crippen LogP contribution in [-0.2, 0) is 6.54 Å². The first-order chi connectivity index (χ1) is 11.1. The van der Waals surface area contributed by atoms with Crippen molar-refractivity contribution in [1.82, 2.24) is 25.2 Å². The second kappa shape index (κ2) is 6.19. The summed E-state index contributed by atoms with van der Waals surface area (Å²) in [6.07, 6.45) is 1.51. The van der Waals surface area contributed by atoms with E-state index in [0.29, 0.717) is 26.2 Å². The average molecular weight is 323 g/mol. The molecule has 1 saturated heterocycles. The van der Waals surface area contributed by atoms with Crippen molar-refractivity contribution in [1.29, 1.82) is 0 Å². The SMILES string of the molecule is COc1ccc(-c2cn(CCN3CCNC3=O)nn2)c(F)c1F. The third-order valence-electron chi connectivity index (χ3n) is 3.63. The van der Waals surface area contributed by atoms with E-state index in [9.17, 15) is 13.6 Å². The number of hydrogen-bond acceptors (Lipinski definition) is 4. The minimum Gasteiger partial charge on any atom is -0.494 e. The molecule has 0 unspecified atom stereocenters. The van der Waals surface area contributed by atoms with Crippen LogP contribution in [0.4, 0.5) is 13.6 Å². The molecule has 9 heteroatoms. The van der Waals surface area contributed by atoms with Crippen molar-refractivity contribution >= 4 is 6.03 Å². The van der Waals surface area contributed by atoms with Gasteiger partial charge in [-0.15, -0.1) is 5.10 Å². The molecule has 1 fully saturated rings. The fraction of sp³-hybridized carbons (Fsp3) is 0.357. The van der Waals surface area contributed by atoms with E-state index >= 15 is 0 Å². The third kappa shape index (κ3) is 2.94. The van der Waals surface area contributed by atoms with Crippen LogP contribution in [0.1, 0.15) is 0 Å². The van der Waals surface area contributed by atoms with Crippen LogP contribution in [0.15, 0.2) is 18.3 Å². The maximum Gasteiger partial charge on any atom is 0.317 e. The summed E-state index contributed by atoms with van der Waals surface area (Å²) in [5.74, 6) is -2.26. The molecule has 2 amide bonds. The number of amides is 2. The summed E-state index contributed by atoms with van der Waals surface area (Å²) in [5.41, 5.74) is 0.225. The topological polar surface area (TPSA) is 72.3 Å². The summed E-state index contributed by atoms with van der Waals surface area (Å²) in [5, 5.41) is 10.4. The van der Waals surface area contributed by atoms with Crippen LogP contribution in [0, 0.1) is 11.6 Å². The first kappa shape index (κ1) is 15.2. The highest BCUT2D eigenvalue weighted by molar-refractivity contribution is 5.76. The Balaban J connectivity index is 1.74. The van der Waals surface area contributed by atoms with E-state index in [1.165, 1.54) is 30.1 Å². The van der Waals surface area contributed by atoms with Gasteiger partial charge in [0.1, 0.15) is 5.69 Å². The molecule has 0 spiro atoms. The van der Waals surface area contributed by atoms with Gasteiger partial charge < -0.3 is 15.0 Å². The number of halogens is 2. The van der Waals surface area contributed by atoms with Crippen LogP contribution in [0.5, 0.6) is 5.75 Å². The number of benzene rings is 1. The summed E-state index contributed by atoms with van der Waals surface area (Å²) >= 11 is 0. The molecule has 0 saturated carbocycles. The standard InChI is InChI=1S/C14H15F2N5O2/c1-23-11-3-2-9(12(15)13(11)16)10-8-21(19-18-10)7-6-20-5-4-17-14(20)22/h2-3,8H,4-7H2,1H3,(H,17,22). The van der Waals surface area contributed by atoms with Crippen LogP contribution >= 0.6 is 0 Å². The number of ether oxygens (including phenoxy) is 1. The molecule has 0 aliphatic carbocycles. The number of hydrogen-bond donors (Lipinski definition) is 1. The largest absolute Gasteiger partial charge is 0.494 e. The van der Waals surface area contributed by atoms with Gasteiger partial charge in [0, 0.05) is 25.2 Å². The average Bonchev–Trinajstić information content (AvgIpc) is 3.17. The molecule has 1 aromatic carbocycles. The molecule has 1 aromatic heterocycles. The van der Waals surface area contributed by atoms with Gasteiger partial charge >= 0.3 is 6.03 Å². The van der Waals surface area contributed by atoms with E-state index in [-0.39, 0.29) is 23.0 Å². The van der Waals surface area contributed by atoms with Crippen LogP contribution in [0.3, 0.4) is 0 Å². The third-order valence-corrected chi connectivity index (χ3v) is 3.63. The van der Waals surface area contributed by atoms with E-state index in [1.807, 2.05) is 0 Å². The van der Waals surface area contributed by atoms with E-state index < -0.39 is 11.6 Å². The van der Waals surface area contributed by atoms with Crippen molar-refractivity contribution in [3.05, 3.63) is 30.0 Å². The Morgan fingerprint density at radius 1 is 1.30 bits per heavy atom. The smallest absolute Gasteiger partial charge is 0.317 e. The maximum atomic E-state index is 14.0. The quantitative estimate of drug-likeness (QED) is 0.899. The zero-order valence-corrected chi connectivity index (χ0v) is 12.4. The first-order valence-electron chi connectivity index (χ1n) is 7.05. The van der Waals surface area contributed by atoms with Crippen molar-refractivity contribution < 1.29 is 18.3 Å². The zero-order chi connectivity index (χ0) is 16.4. The number of methoxy groups -OCH3 is 1. The molecule has 2 aromatic rings. The van der Waals surface area contributed by atoms with Crippen LogP contribution in [0.2, 0.25) is 0 Å². The maximum absolute atomic E-state index is 14.0. The van der Waals surface area contributed by atoms with Gasteiger partial charge in [-0.05, 0) is 12.1 Å². The first-order valence-corrected chi connectivity index (χ1v) is 7.05. The second-order valence-electron chi connectivity index (χ2n) is 5.03. The predicted molar refractivity (Wildman–Crippen MR) is 76.9 cm³/mol. The lowest BCUT2D eigenvalue weighted by Crippen LogP contribution is -2.31. The highest BCUT2D eigenvalue weighted by Crippen LogP contribution is 2.28. The lowest BCUT2D eigenvalue weighted by molar-refractivity contribution is 0.215. The number of nitrogens with one attached hydrogen (secondary N) is 1. The minimum atomic E-state index is -1.06. The van der Waals surface area contributed by atoms with E-state index in [0.717, 1.165) is 0 Å². The fourth-order valence-corrected chi connectivity index (χ4v) is 2.37. The molecule has 1 N–H and O–H groups in total. The van der Waals surface area contributed by atoms with Crippen molar-refractivity contribution in [2.24, 2.45) is 0 Å². The van der Waals surface area contributed by atoms with E-state index in [4.69, 9.17) is 4.74 Å². The van der Waals surface area contributed by atoms with Gasteiger partial charge in [0.05, 0.1) is 19.9 Å². The number of rotatable bonds is 5. The summed E-state index contributed by atoms with van der Waals surface area (Å²) < 4.78 is 34.0. The Morgan fingerprint density at radius 2 is 2.13 bits per heavy atom. The molecule has 1 aliphatic heterocycles. The van der Waals surface area contributed by atoms with Crippen molar-refractivity contribution in [2.45, 2.75) is 6.54 Å². The Bertz CT molecular complexity index is 734. The predicted octanol–water partition coefficient (Wildman–Crippen LogP) is 1.26. The second-order valence-corrected chi connectivity index (χ2v) is 5.03. The molecule has 0 bridgehead atoms.